The van der Waals surface area contributed by atoms with Gasteiger partial charge in [0.05, 0.1) is 6.61 Å². The fourth-order valence-electron chi connectivity index (χ4n) is 2.79. The molecular formula is C18H27N3O3. The van der Waals surface area contributed by atoms with E-state index in [2.05, 4.69) is 17.1 Å². The molecule has 6 heteroatoms. The highest BCUT2D eigenvalue weighted by molar-refractivity contribution is 5.91. The maximum absolute atomic E-state index is 12.2. The summed E-state index contributed by atoms with van der Waals surface area (Å²) in [6.45, 7) is 7.85. The van der Waals surface area contributed by atoms with Crippen LogP contribution in [-0.2, 0) is 16.0 Å². The molecule has 6 nitrogen and oxygen atoms in total. The second-order valence-electron chi connectivity index (χ2n) is 5.84. The second-order valence-corrected chi connectivity index (χ2v) is 5.84. The Balaban J connectivity index is 1.72. The number of anilines is 1. The third-order valence-corrected chi connectivity index (χ3v) is 4.23. The zero-order valence-corrected chi connectivity index (χ0v) is 14.6. The zero-order valence-electron chi connectivity index (χ0n) is 14.6. The second kappa shape index (κ2) is 9.27. The van der Waals surface area contributed by atoms with E-state index in [1.807, 2.05) is 31.2 Å². The normalized spacial score (nSPS) is 15.2. The molecule has 0 unspecified atom stereocenters. The van der Waals surface area contributed by atoms with Crippen LogP contribution in [0.25, 0.3) is 0 Å². The Bertz CT molecular complexity index is 554. The number of aryl methyl sites for hydroxylation is 1. The number of carbonyl (C=O) groups is 2. The number of amides is 2. The van der Waals surface area contributed by atoms with E-state index < -0.39 is 0 Å². The van der Waals surface area contributed by atoms with Gasteiger partial charge in [-0.05, 0) is 25.0 Å². The van der Waals surface area contributed by atoms with Crippen molar-refractivity contribution in [3.8, 4) is 0 Å². The van der Waals surface area contributed by atoms with Gasteiger partial charge in [0.15, 0.2) is 0 Å². The molecule has 2 amide bonds. The van der Waals surface area contributed by atoms with Gasteiger partial charge in [-0.2, -0.15) is 0 Å². The van der Waals surface area contributed by atoms with Gasteiger partial charge in [-0.25, -0.2) is 4.79 Å². The van der Waals surface area contributed by atoms with Gasteiger partial charge in [-0.15, -0.1) is 0 Å². The van der Waals surface area contributed by atoms with Crippen LogP contribution in [0.3, 0.4) is 0 Å². The van der Waals surface area contributed by atoms with E-state index in [1.54, 1.807) is 4.90 Å². The van der Waals surface area contributed by atoms with Gasteiger partial charge in [-0.1, -0.05) is 25.1 Å². The number of nitrogens with one attached hydrogen (secondary N) is 1. The molecule has 0 spiro atoms. The lowest BCUT2D eigenvalue weighted by molar-refractivity contribution is -0.116. The molecule has 1 saturated heterocycles. The number of benzene rings is 1. The van der Waals surface area contributed by atoms with E-state index in [9.17, 15) is 9.59 Å². The van der Waals surface area contributed by atoms with Crippen molar-refractivity contribution >= 4 is 17.7 Å². The summed E-state index contributed by atoms with van der Waals surface area (Å²) in [5.74, 6) is 0.0312. The number of rotatable bonds is 6. The number of nitrogens with zero attached hydrogens (tertiary/aromatic N) is 2. The van der Waals surface area contributed by atoms with Crippen LogP contribution in [0.1, 0.15) is 25.8 Å². The zero-order chi connectivity index (χ0) is 17.4. The van der Waals surface area contributed by atoms with Crippen LogP contribution in [0.5, 0.6) is 0 Å². The largest absolute Gasteiger partial charge is 0.450 e. The molecule has 0 radical (unpaired) electrons. The molecule has 0 aromatic heterocycles. The molecular weight excluding hydrogens is 306 g/mol. The molecule has 0 bridgehead atoms. The van der Waals surface area contributed by atoms with Crippen molar-refractivity contribution in [2.75, 3.05) is 44.6 Å². The predicted octanol–water partition coefficient (Wildman–Crippen LogP) is 2.35. The molecule has 2 rings (SSSR count). The van der Waals surface area contributed by atoms with Gasteiger partial charge in [0.2, 0.25) is 5.91 Å². The summed E-state index contributed by atoms with van der Waals surface area (Å²) in [5.41, 5.74) is 2.05. The average molecular weight is 333 g/mol. The highest BCUT2D eigenvalue weighted by Crippen LogP contribution is 2.15. The highest BCUT2D eigenvalue weighted by atomic mass is 16.6. The lowest BCUT2D eigenvalue weighted by atomic mass is 10.1. The van der Waals surface area contributed by atoms with Gasteiger partial charge >= 0.3 is 6.09 Å². The van der Waals surface area contributed by atoms with Crippen molar-refractivity contribution in [3.63, 3.8) is 0 Å². The SMILES string of the molecule is CCOC(=O)N1CCN(CCC(=O)Nc2ccccc2CC)CC1. The number of hydrogen-bond acceptors (Lipinski definition) is 4. The molecule has 0 atom stereocenters. The first-order chi connectivity index (χ1) is 11.6. The Morgan fingerprint density at radius 1 is 1.12 bits per heavy atom. The monoisotopic (exact) mass is 333 g/mol. The summed E-state index contributed by atoms with van der Waals surface area (Å²) in [6.07, 6.45) is 1.11. The number of ether oxygens (including phenoxy) is 1. The summed E-state index contributed by atoms with van der Waals surface area (Å²) in [4.78, 5) is 27.7. The molecule has 1 aliphatic rings. The van der Waals surface area contributed by atoms with Crippen LogP contribution in [0.4, 0.5) is 10.5 Å². The minimum absolute atomic E-state index is 0.0312. The summed E-state index contributed by atoms with van der Waals surface area (Å²) < 4.78 is 5.01. The summed E-state index contributed by atoms with van der Waals surface area (Å²) in [7, 11) is 0. The van der Waals surface area contributed by atoms with Crippen molar-refractivity contribution in [2.24, 2.45) is 0 Å². The summed E-state index contributed by atoms with van der Waals surface area (Å²) in [6, 6.07) is 7.89. The third kappa shape index (κ3) is 5.23. The van der Waals surface area contributed by atoms with Gasteiger partial charge < -0.3 is 15.0 Å². The maximum Gasteiger partial charge on any atom is 0.409 e. The van der Waals surface area contributed by atoms with E-state index in [4.69, 9.17) is 4.74 Å². The van der Waals surface area contributed by atoms with E-state index in [0.29, 0.717) is 32.7 Å². The van der Waals surface area contributed by atoms with Crippen LogP contribution >= 0.6 is 0 Å². The quantitative estimate of drug-likeness (QED) is 0.868. The predicted molar refractivity (Wildman–Crippen MR) is 94.1 cm³/mol. The molecule has 0 saturated carbocycles. The topological polar surface area (TPSA) is 61.9 Å². The van der Waals surface area contributed by atoms with Crippen molar-refractivity contribution < 1.29 is 14.3 Å². The molecule has 1 fully saturated rings. The Labute approximate surface area is 143 Å². The van der Waals surface area contributed by atoms with Crippen molar-refractivity contribution in [1.82, 2.24) is 9.80 Å². The number of carbonyl (C=O) groups excluding carboxylic acids is 2. The molecule has 24 heavy (non-hydrogen) atoms. The van der Waals surface area contributed by atoms with Crippen LogP contribution in [-0.4, -0.2) is 61.1 Å². The Morgan fingerprint density at radius 3 is 2.50 bits per heavy atom. The Morgan fingerprint density at radius 2 is 1.83 bits per heavy atom. The van der Waals surface area contributed by atoms with Crippen molar-refractivity contribution in [2.45, 2.75) is 26.7 Å². The van der Waals surface area contributed by atoms with E-state index in [1.165, 1.54) is 0 Å². The summed E-state index contributed by atoms with van der Waals surface area (Å²) >= 11 is 0. The lowest BCUT2D eigenvalue weighted by Gasteiger charge is -2.33. The lowest BCUT2D eigenvalue weighted by Crippen LogP contribution is -2.49. The number of piperazine rings is 1. The molecule has 1 aliphatic heterocycles. The van der Waals surface area contributed by atoms with E-state index >= 15 is 0 Å². The maximum atomic E-state index is 12.2. The fraction of sp³-hybridized carbons (Fsp3) is 0.556. The van der Waals surface area contributed by atoms with Crippen LogP contribution in [0.15, 0.2) is 24.3 Å². The smallest absolute Gasteiger partial charge is 0.409 e. The van der Waals surface area contributed by atoms with E-state index in [0.717, 1.165) is 30.8 Å². The van der Waals surface area contributed by atoms with Crippen molar-refractivity contribution in [3.05, 3.63) is 29.8 Å². The molecule has 1 N–H and O–H groups in total. The first kappa shape index (κ1) is 18.3. The van der Waals surface area contributed by atoms with Crippen molar-refractivity contribution in [1.29, 1.82) is 0 Å². The Kier molecular flexibility index (Phi) is 7.06. The average Bonchev–Trinajstić information content (AvgIpc) is 2.61. The van der Waals surface area contributed by atoms with Crippen LogP contribution in [0.2, 0.25) is 0 Å². The molecule has 0 aliphatic carbocycles. The minimum Gasteiger partial charge on any atom is -0.450 e. The highest BCUT2D eigenvalue weighted by Gasteiger charge is 2.22. The third-order valence-electron chi connectivity index (χ3n) is 4.23. The van der Waals surface area contributed by atoms with Gasteiger partial charge in [-0.3, -0.25) is 9.69 Å². The standard InChI is InChI=1S/C18H27N3O3/c1-3-15-7-5-6-8-16(15)19-17(22)9-10-20-11-13-21(14-12-20)18(23)24-4-2/h5-8H,3-4,9-14H2,1-2H3,(H,19,22). The number of hydrogen-bond donors (Lipinski definition) is 1. The van der Waals surface area contributed by atoms with Gasteiger partial charge in [0, 0.05) is 44.8 Å². The molecule has 132 valence electrons. The van der Waals surface area contributed by atoms with Crippen LogP contribution in [0, 0.1) is 0 Å². The molecule has 1 aromatic rings. The van der Waals surface area contributed by atoms with Crippen LogP contribution < -0.4 is 5.32 Å². The molecule has 1 aromatic carbocycles. The first-order valence-corrected chi connectivity index (χ1v) is 8.65. The van der Waals surface area contributed by atoms with Gasteiger partial charge in [0.25, 0.3) is 0 Å². The number of para-hydroxylation sites is 1. The summed E-state index contributed by atoms with van der Waals surface area (Å²) in [5, 5.41) is 2.99. The van der Waals surface area contributed by atoms with Gasteiger partial charge in [0.1, 0.15) is 0 Å². The molecule has 1 heterocycles. The first-order valence-electron chi connectivity index (χ1n) is 8.65. The Hall–Kier alpha value is -2.08. The minimum atomic E-state index is -0.244. The van der Waals surface area contributed by atoms with E-state index in [-0.39, 0.29) is 12.0 Å². The fourth-order valence-corrected chi connectivity index (χ4v) is 2.79.